The molecule has 5 rings (SSSR count). The largest absolute Gasteiger partial charge is 0.460 e. The van der Waals surface area contributed by atoms with Gasteiger partial charge in [0, 0.05) is 14.1 Å². The van der Waals surface area contributed by atoms with E-state index in [9.17, 15) is 27.0 Å². The van der Waals surface area contributed by atoms with E-state index in [2.05, 4.69) is 9.50 Å². The van der Waals surface area contributed by atoms with Crippen LogP contribution in [0.4, 0.5) is 0 Å². The molecule has 3 aromatic carbocycles. The quantitative estimate of drug-likeness (QED) is 0.212. The normalized spacial score (nSPS) is 19.9. The predicted molar refractivity (Wildman–Crippen MR) is 188 cm³/mol. The molecule has 2 fully saturated rings. The molecule has 1 unspecified atom stereocenters. The van der Waals surface area contributed by atoms with Gasteiger partial charge >= 0.3 is 28.2 Å². The number of hydrogen-bond donors (Lipinski definition) is 2. The van der Waals surface area contributed by atoms with Crippen molar-refractivity contribution in [2.45, 2.75) is 37.9 Å². The number of aliphatic hydroxyl groups excluding tert-OH is 1. The highest BCUT2D eigenvalue weighted by atomic mass is 35.5. The molecule has 0 bridgehead atoms. The molecule has 18 heteroatoms. The Morgan fingerprint density at radius 1 is 0.804 bits per heavy atom. The van der Waals surface area contributed by atoms with Crippen LogP contribution in [-0.4, -0.2) is 103 Å². The Balaban J connectivity index is 0.000000264. The number of likely N-dealkylation sites (N-methyl/N-ethyl adjacent to an activating group) is 3. The number of carbonyl (C=O) groups excluding carboxylic acids is 3. The minimum absolute atomic E-state index is 0. The highest BCUT2D eigenvalue weighted by Gasteiger charge is 2.41. The summed E-state index contributed by atoms with van der Waals surface area (Å²) < 4.78 is 60.5. The summed E-state index contributed by atoms with van der Waals surface area (Å²) in [6, 6.07) is 25.8. The van der Waals surface area contributed by atoms with Crippen molar-refractivity contribution in [3.05, 3.63) is 108 Å². The third-order valence-corrected chi connectivity index (χ3v) is 9.66. The second kappa shape index (κ2) is 22.2. The molecule has 2 saturated heterocycles. The van der Waals surface area contributed by atoms with Crippen LogP contribution in [0.2, 0.25) is 0 Å². The van der Waals surface area contributed by atoms with Crippen molar-refractivity contribution >= 4 is 51.9 Å². The fourth-order valence-electron chi connectivity index (χ4n) is 4.10. The lowest BCUT2D eigenvalue weighted by atomic mass is 10.2. The molecule has 51 heavy (non-hydrogen) atoms. The van der Waals surface area contributed by atoms with Gasteiger partial charge in [-0.3, -0.25) is 22.7 Å². The maximum absolute atomic E-state index is 11.7. The van der Waals surface area contributed by atoms with Gasteiger partial charge in [0.1, 0.15) is 37.9 Å². The molecule has 0 aliphatic carbocycles. The van der Waals surface area contributed by atoms with Crippen LogP contribution >= 0.6 is 12.4 Å². The first kappa shape index (κ1) is 43.4. The van der Waals surface area contributed by atoms with Crippen molar-refractivity contribution in [1.82, 2.24) is 13.9 Å². The molecule has 0 aromatic heterocycles. The van der Waals surface area contributed by atoms with Gasteiger partial charge in [-0.1, -0.05) is 91.0 Å². The average molecular weight is 772 g/mol. The SMILES string of the molecule is CN1[C@H](C(=O)OCc2ccccc2)COS1(=O)=O.CN1[C@H](C(=O)OCc2ccccc2)COS1=O.CN[C@@H](CO)C(=O)OCc1ccccc1.Cl. The Morgan fingerprint density at radius 2 is 1.24 bits per heavy atom. The number of benzene rings is 3. The number of hydrogen-bond acceptors (Lipinski definition) is 13. The van der Waals surface area contributed by atoms with Gasteiger partial charge in [-0.15, -0.1) is 12.4 Å². The van der Waals surface area contributed by atoms with Gasteiger partial charge in [-0.2, -0.15) is 17.0 Å². The Bertz CT molecular complexity index is 1640. The van der Waals surface area contributed by atoms with E-state index in [4.69, 9.17) is 23.5 Å². The molecule has 4 atom stereocenters. The van der Waals surface area contributed by atoms with Gasteiger partial charge in [-0.05, 0) is 23.7 Å². The number of ether oxygens (including phenoxy) is 3. The molecular weight excluding hydrogens is 730 g/mol. The first-order valence-corrected chi connectivity index (χ1v) is 17.7. The zero-order valence-electron chi connectivity index (χ0n) is 28.2. The number of halogens is 1. The van der Waals surface area contributed by atoms with E-state index in [0.29, 0.717) is 0 Å². The number of nitrogens with zero attached hydrogens (tertiary/aromatic N) is 2. The summed E-state index contributed by atoms with van der Waals surface area (Å²) >= 11 is -1.53. The number of carbonyl (C=O) groups is 3. The third-order valence-electron chi connectivity index (χ3n) is 7.20. The van der Waals surface area contributed by atoms with E-state index in [1.54, 1.807) is 14.1 Å². The summed E-state index contributed by atoms with van der Waals surface area (Å²) in [5.41, 5.74) is 2.69. The van der Waals surface area contributed by atoms with E-state index < -0.39 is 57.6 Å². The fraction of sp³-hybridized carbons (Fsp3) is 0.364. The summed E-state index contributed by atoms with van der Waals surface area (Å²) in [6.45, 7) is 0.214. The molecule has 2 aliphatic rings. The van der Waals surface area contributed by atoms with Gasteiger partial charge in [0.2, 0.25) is 11.3 Å². The molecule has 0 saturated carbocycles. The number of esters is 3. The van der Waals surface area contributed by atoms with Gasteiger partial charge < -0.3 is 24.6 Å². The molecule has 0 spiro atoms. The molecule has 280 valence electrons. The van der Waals surface area contributed by atoms with E-state index in [1.165, 1.54) is 11.4 Å². The topological polar surface area (TPSA) is 187 Å². The van der Waals surface area contributed by atoms with Gasteiger partial charge in [0.05, 0.1) is 19.8 Å². The molecule has 0 radical (unpaired) electrons. The molecular formula is C33H42ClN3O12S2. The standard InChI is InChI=1S/C11H13NO5S.C11H13NO4S.C11H15NO3.ClH/c1-12-10(8-17-18(12,14)15)11(13)16-7-9-5-3-2-4-6-9;1-12-10(8-16-17(12)14)11(13)15-7-9-5-3-2-4-6-9;1-12-10(7-13)11(14)15-8-9-5-3-2-4-6-9;/h2-6,10H,7-8H2,1H3;2-6,10H,7-8H2,1H3;2-6,10,12-13H,7-8H2,1H3;1H/t10-;10-,17?;10-;/m000./s1. The monoisotopic (exact) mass is 771 g/mol. The highest BCUT2D eigenvalue weighted by molar-refractivity contribution is 7.84. The van der Waals surface area contributed by atoms with E-state index >= 15 is 0 Å². The summed E-state index contributed by atoms with van der Waals surface area (Å²) in [6.07, 6.45) is 0. The van der Waals surface area contributed by atoms with Crippen LogP contribution in [0.1, 0.15) is 16.7 Å². The van der Waals surface area contributed by atoms with Crippen molar-refractivity contribution in [3.8, 4) is 0 Å². The van der Waals surface area contributed by atoms with Crippen LogP contribution in [-0.2, 0) is 78.4 Å². The lowest BCUT2D eigenvalue weighted by Gasteiger charge is -2.14. The highest BCUT2D eigenvalue weighted by Crippen LogP contribution is 2.18. The predicted octanol–water partition coefficient (Wildman–Crippen LogP) is 1.68. The first-order chi connectivity index (χ1) is 24.0. The number of nitrogens with one attached hydrogen (secondary N) is 1. The van der Waals surface area contributed by atoms with Gasteiger partial charge in [-0.25, -0.2) is 4.21 Å². The second-order valence-electron chi connectivity index (χ2n) is 10.6. The molecule has 2 heterocycles. The van der Waals surface area contributed by atoms with Crippen molar-refractivity contribution in [2.24, 2.45) is 0 Å². The summed E-state index contributed by atoms with van der Waals surface area (Å²) in [5.74, 6) is -1.46. The summed E-state index contributed by atoms with van der Waals surface area (Å²) in [5, 5.41) is 11.5. The van der Waals surface area contributed by atoms with Crippen LogP contribution in [0.3, 0.4) is 0 Å². The minimum atomic E-state index is -3.77. The lowest BCUT2D eigenvalue weighted by Crippen LogP contribution is -2.38. The van der Waals surface area contributed by atoms with Crippen LogP contribution in [0.5, 0.6) is 0 Å². The maximum Gasteiger partial charge on any atom is 0.339 e. The molecule has 15 nitrogen and oxygen atoms in total. The Kier molecular flexibility index (Phi) is 18.9. The Morgan fingerprint density at radius 3 is 1.59 bits per heavy atom. The fourth-order valence-corrected chi connectivity index (χ4v) is 5.80. The third kappa shape index (κ3) is 14.0. The van der Waals surface area contributed by atoms with Gasteiger partial charge in [0.25, 0.3) is 0 Å². The second-order valence-corrected chi connectivity index (χ2v) is 13.6. The summed E-state index contributed by atoms with van der Waals surface area (Å²) in [7, 11) is 0.688. The van der Waals surface area contributed by atoms with Crippen LogP contribution < -0.4 is 5.32 Å². The minimum Gasteiger partial charge on any atom is -0.460 e. The Labute approximate surface area is 306 Å². The van der Waals surface area contributed by atoms with E-state index in [0.717, 1.165) is 21.0 Å². The van der Waals surface area contributed by atoms with E-state index in [-0.39, 0.29) is 52.0 Å². The lowest BCUT2D eigenvalue weighted by molar-refractivity contribution is -0.150. The van der Waals surface area contributed by atoms with Crippen molar-refractivity contribution < 1.29 is 54.7 Å². The summed E-state index contributed by atoms with van der Waals surface area (Å²) in [4.78, 5) is 34.7. The molecule has 2 aliphatic heterocycles. The van der Waals surface area contributed by atoms with E-state index in [1.807, 2.05) is 91.0 Å². The van der Waals surface area contributed by atoms with Crippen LogP contribution in [0.15, 0.2) is 91.0 Å². The Hall–Kier alpha value is -3.78. The van der Waals surface area contributed by atoms with Crippen molar-refractivity contribution in [2.75, 3.05) is 41.0 Å². The zero-order valence-corrected chi connectivity index (χ0v) is 30.6. The molecule has 3 aromatic rings. The number of rotatable bonds is 11. The smallest absolute Gasteiger partial charge is 0.339 e. The maximum atomic E-state index is 11.7. The van der Waals surface area contributed by atoms with Crippen molar-refractivity contribution in [1.29, 1.82) is 0 Å². The zero-order chi connectivity index (χ0) is 36.5. The molecule has 2 N–H and O–H groups in total. The average Bonchev–Trinajstić information content (AvgIpc) is 3.62. The first-order valence-electron chi connectivity index (χ1n) is 15.3. The van der Waals surface area contributed by atoms with Crippen molar-refractivity contribution in [3.63, 3.8) is 0 Å². The van der Waals surface area contributed by atoms with Crippen LogP contribution in [0, 0.1) is 0 Å². The number of aliphatic hydroxyl groups is 1. The molecule has 0 amide bonds. The van der Waals surface area contributed by atoms with Gasteiger partial charge in [0.15, 0.2) is 0 Å². The van der Waals surface area contributed by atoms with Crippen LogP contribution in [0.25, 0.3) is 0 Å².